The summed E-state index contributed by atoms with van der Waals surface area (Å²) in [7, 11) is 3.23. The van der Waals surface area contributed by atoms with Crippen LogP contribution < -0.4 is 14.2 Å². The Labute approximate surface area is 174 Å². The Morgan fingerprint density at radius 3 is 2.43 bits per heavy atom. The van der Waals surface area contributed by atoms with E-state index in [-0.39, 0.29) is 12.1 Å². The second-order valence-electron chi connectivity index (χ2n) is 7.16. The van der Waals surface area contributed by atoms with Crippen molar-refractivity contribution in [3.05, 3.63) is 77.4 Å². The van der Waals surface area contributed by atoms with Crippen molar-refractivity contribution in [3.63, 3.8) is 0 Å². The predicted octanol–water partition coefficient (Wildman–Crippen LogP) is 5.04. The molecule has 1 aliphatic rings. The lowest BCUT2D eigenvalue weighted by atomic mass is 10.0. The van der Waals surface area contributed by atoms with E-state index in [4.69, 9.17) is 14.2 Å². The van der Waals surface area contributed by atoms with Crippen LogP contribution in [0.5, 0.6) is 17.2 Å². The molecule has 4 nitrogen and oxygen atoms in total. The van der Waals surface area contributed by atoms with Gasteiger partial charge in [-0.3, -0.25) is 4.90 Å². The molecule has 0 amide bonds. The topological polar surface area (TPSA) is 30.9 Å². The summed E-state index contributed by atoms with van der Waals surface area (Å²) in [6.07, 6.45) is 0. The maximum Gasteiger partial charge on any atom is 0.165 e. The Bertz CT molecular complexity index is 1030. The summed E-state index contributed by atoms with van der Waals surface area (Å²) in [6, 6.07) is 15.7. The number of ether oxygens (including phenoxy) is 3. The van der Waals surface area contributed by atoms with E-state index in [1.807, 2.05) is 41.3 Å². The number of rotatable bonds is 5. The minimum atomic E-state index is -0.539. The van der Waals surface area contributed by atoms with Gasteiger partial charge in [0.1, 0.15) is 24.0 Å². The SMILES string of the molecule is COc1cccc(-c2cc3c(c(OC)c2)OCCN(Cc2c(F)cccc2F)C3)c1. The molecule has 0 saturated heterocycles. The molecule has 0 saturated carbocycles. The number of methoxy groups -OCH3 is 2. The van der Waals surface area contributed by atoms with Gasteiger partial charge in [0, 0.05) is 30.8 Å². The molecule has 3 aromatic carbocycles. The van der Waals surface area contributed by atoms with Gasteiger partial charge in [0.05, 0.1) is 14.2 Å². The van der Waals surface area contributed by atoms with Crippen LogP contribution in [-0.2, 0) is 13.1 Å². The predicted molar refractivity (Wildman–Crippen MR) is 111 cm³/mol. The Kier molecular flexibility index (Phi) is 5.86. The van der Waals surface area contributed by atoms with Crippen molar-refractivity contribution in [2.45, 2.75) is 13.1 Å². The van der Waals surface area contributed by atoms with E-state index in [2.05, 4.69) is 0 Å². The Morgan fingerprint density at radius 2 is 1.70 bits per heavy atom. The fourth-order valence-electron chi connectivity index (χ4n) is 3.70. The number of nitrogens with zero attached hydrogens (tertiary/aromatic N) is 1. The normalized spacial score (nSPS) is 13.9. The van der Waals surface area contributed by atoms with E-state index in [1.54, 1.807) is 14.2 Å². The Balaban J connectivity index is 1.69. The third kappa shape index (κ3) is 4.09. The zero-order valence-corrected chi connectivity index (χ0v) is 17.0. The molecule has 0 spiro atoms. The fourth-order valence-corrected chi connectivity index (χ4v) is 3.70. The third-order valence-corrected chi connectivity index (χ3v) is 5.25. The smallest absolute Gasteiger partial charge is 0.165 e. The number of hydrogen-bond acceptors (Lipinski definition) is 4. The minimum Gasteiger partial charge on any atom is -0.497 e. The van der Waals surface area contributed by atoms with Gasteiger partial charge < -0.3 is 14.2 Å². The molecule has 0 N–H and O–H groups in total. The van der Waals surface area contributed by atoms with Crippen molar-refractivity contribution in [2.75, 3.05) is 27.4 Å². The van der Waals surface area contributed by atoms with Gasteiger partial charge in [-0.05, 0) is 47.5 Å². The molecule has 0 atom stereocenters. The summed E-state index contributed by atoms with van der Waals surface area (Å²) >= 11 is 0. The van der Waals surface area contributed by atoms with Crippen LogP contribution in [0.25, 0.3) is 11.1 Å². The first-order valence-corrected chi connectivity index (χ1v) is 9.72. The van der Waals surface area contributed by atoms with Gasteiger partial charge in [0.25, 0.3) is 0 Å². The molecule has 0 radical (unpaired) electrons. The van der Waals surface area contributed by atoms with Crippen molar-refractivity contribution >= 4 is 0 Å². The molecular formula is C24H23F2NO3. The van der Waals surface area contributed by atoms with E-state index in [0.29, 0.717) is 31.2 Å². The standard InChI is InChI=1S/C24H23F2NO3/c1-28-19-6-3-5-16(12-19)17-11-18-14-27(9-10-30-24(18)23(13-17)29-2)15-20-21(25)7-4-8-22(20)26/h3-8,11-13H,9-10,14-15H2,1-2H3. The highest BCUT2D eigenvalue weighted by atomic mass is 19.1. The van der Waals surface area contributed by atoms with Crippen molar-refractivity contribution in [1.29, 1.82) is 0 Å². The largest absolute Gasteiger partial charge is 0.497 e. The summed E-state index contributed by atoms with van der Waals surface area (Å²) in [4.78, 5) is 1.97. The van der Waals surface area contributed by atoms with Crippen molar-refractivity contribution in [1.82, 2.24) is 4.90 Å². The Morgan fingerprint density at radius 1 is 0.933 bits per heavy atom. The molecule has 156 valence electrons. The van der Waals surface area contributed by atoms with Gasteiger partial charge >= 0.3 is 0 Å². The molecule has 30 heavy (non-hydrogen) atoms. The molecule has 1 heterocycles. The molecule has 4 rings (SSSR count). The van der Waals surface area contributed by atoms with Crippen LogP contribution in [0, 0.1) is 11.6 Å². The van der Waals surface area contributed by atoms with Crippen LogP contribution in [-0.4, -0.2) is 32.3 Å². The van der Waals surface area contributed by atoms with Gasteiger partial charge in [-0.1, -0.05) is 18.2 Å². The second kappa shape index (κ2) is 8.71. The molecule has 0 fully saturated rings. The van der Waals surface area contributed by atoms with E-state index in [0.717, 1.165) is 22.4 Å². The molecule has 0 bridgehead atoms. The van der Waals surface area contributed by atoms with Crippen LogP contribution >= 0.6 is 0 Å². The van der Waals surface area contributed by atoms with E-state index in [1.165, 1.54) is 18.2 Å². The number of hydrogen-bond donors (Lipinski definition) is 0. The highest BCUT2D eigenvalue weighted by Gasteiger charge is 2.22. The van der Waals surface area contributed by atoms with E-state index >= 15 is 0 Å². The van der Waals surface area contributed by atoms with Crippen LogP contribution in [0.15, 0.2) is 54.6 Å². The highest BCUT2D eigenvalue weighted by molar-refractivity contribution is 5.70. The van der Waals surface area contributed by atoms with Crippen LogP contribution in [0.2, 0.25) is 0 Å². The number of fused-ring (bicyclic) bond motifs is 1. The maximum atomic E-state index is 14.1. The zero-order valence-electron chi connectivity index (χ0n) is 17.0. The van der Waals surface area contributed by atoms with Crippen molar-refractivity contribution in [2.24, 2.45) is 0 Å². The number of benzene rings is 3. The highest BCUT2D eigenvalue weighted by Crippen LogP contribution is 2.39. The summed E-state index contributed by atoms with van der Waals surface area (Å²) in [5, 5.41) is 0. The summed E-state index contributed by atoms with van der Waals surface area (Å²) in [6.45, 7) is 1.59. The summed E-state index contributed by atoms with van der Waals surface area (Å²) in [5.74, 6) is 0.977. The van der Waals surface area contributed by atoms with Gasteiger partial charge in [0.2, 0.25) is 0 Å². The third-order valence-electron chi connectivity index (χ3n) is 5.25. The lowest BCUT2D eigenvalue weighted by Gasteiger charge is -2.20. The lowest BCUT2D eigenvalue weighted by molar-refractivity contribution is 0.212. The van der Waals surface area contributed by atoms with Gasteiger partial charge in [-0.2, -0.15) is 0 Å². The van der Waals surface area contributed by atoms with Crippen LogP contribution in [0.3, 0.4) is 0 Å². The molecule has 0 aromatic heterocycles. The van der Waals surface area contributed by atoms with E-state index < -0.39 is 11.6 Å². The zero-order chi connectivity index (χ0) is 21.1. The molecule has 0 unspecified atom stereocenters. The van der Waals surface area contributed by atoms with Gasteiger partial charge in [-0.15, -0.1) is 0 Å². The average molecular weight is 411 g/mol. The average Bonchev–Trinajstić information content (AvgIpc) is 2.97. The first-order valence-electron chi connectivity index (χ1n) is 9.72. The monoisotopic (exact) mass is 411 g/mol. The minimum absolute atomic E-state index is 0.0665. The first-order chi connectivity index (χ1) is 14.6. The summed E-state index contributed by atoms with van der Waals surface area (Å²) in [5.41, 5.74) is 2.90. The van der Waals surface area contributed by atoms with Crippen molar-refractivity contribution in [3.8, 4) is 28.4 Å². The van der Waals surface area contributed by atoms with Gasteiger partial charge in [-0.25, -0.2) is 8.78 Å². The summed E-state index contributed by atoms with van der Waals surface area (Å²) < 4.78 is 45.2. The van der Waals surface area contributed by atoms with Crippen molar-refractivity contribution < 1.29 is 23.0 Å². The fraction of sp³-hybridized carbons (Fsp3) is 0.250. The molecular weight excluding hydrogens is 388 g/mol. The molecule has 0 aliphatic carbocycles. The van der Waals surface area contributed by atoms with E-state index in [9.17, 15) is 8.78 Å². The molecule has 3 aromatic rings. The molecule has 6 heteroatoms. The Hall–Kier alpha value is -3.12. The lowest BCUT2D eigenvalue weighted by Crippen LogP contribution is -2.26. The van der Waals surface area contributed by atoms with Crippen LogP contribution in [0.4, 0.5) is 8.78 Å². The maximum absolute atomic E-state index is 14.1. The quantitative estimate of drug-likeness (QED) is 0.588. The number of halogens is 2. The van der Waals surface area contributed by atoms with Crippen LogP contribution in [0.1, 0.15) is 11.1 Å². The molecule has 1 aliphatic heterocycles. The van der Waals surface area contributed by atoms with Gasteiger partial charge in [0.15, 0.2) is 11.5 Å². The second-order valence-corrected chi connectivity index (χ2v) is 7.16. The first kappa shape index (κ1) is 20.2.